The standard InChI is InChI=1S/C28H24Cl2N4O2S/c1-17-25(18(2)35)26(34-27(31-17)32-28(33-34)37-16-19-7-4-3-5-8-19)20-9-6-10-23(13-20)36-15-21-11-12-22(29)14-24(21)30/h3-14,26H,15-16H2,1-2H3,(H,31,32,33). The summed E-state index contributed by atoms with van der Waals surface area (Å²) in [7, 11) is 0. The summed E-state index contributed by atoms with van der Waals surface area (Å²) in [6, 6.07) is 22.7. The number of anilines is 1. The lowest BCUT2D eigenvalue weighted by atomic mass is 9.93. The van der Waals surface area contributed by atoms with Gasteiger partial charge in [-0.1, -0.05) is 83.5 Å². The minimum atomic E-state index is -0.435. The zero-order valence-electron chi connectivity index (χ0n) is 20.2. The Labute approximate surface area is 229 Å². The van der Waals surface area contributed by atoms with Gasteiger partial charge in [0.2, 0.25) is 11.1 Å². The van der Waals surface area contributed by atoms with Crippen LogP contribution in [0.15, 0.2) is 89.2 Å². The van der Waals surface area contributed by atoms with E-state index in [4.69, 9.17) is 38.0 Å². The molecule has 188 valence electrons. The number of benzene rings is 3. The summed E-state index contributed by atoms with van der Waals surface area (Å²) in [5, 5.41) is 9.80. The molecular weight excluding hydrogens is 527 g/mol. The SMILES string of the molecule is CC(=O)C1=C(C)Nc2nc(SCc3ccccc3)nn2C1c1cccc(OCc2ccc(Cl)cc2Cl)c1. The quantitative estimate of drug-likeness (QED) is 0.231. The molecular formula is C28H24Cl2N4O2S. The Bertz CT molecular complexity index is 1490. The molecule has 0 saturated carbocycles. The number of ether oxygens (including phenoxy) is 1. The fraction of sp³-hybridized carbons (Fsp3) is 0.179. The van der Waals surface area contributed by atoms with Crippen LogP contribution in [0, 0.1) is 0 Å². The van der Waals surface area contributed by atoms with E-state index in [1.54, 1.807) is 35.5 Å². The van der Waals surface area contributed by atoms with Gasteiger partial charge in [0, 0.05) is 32.6 Å². The van der Waals surface area contributed by atoms with Gasteiger partial charge in [0.1, 0.15) is 18.4 Å². The summed E-state index contributed by atoms with van der Waals surface area (Å²) in [5.41, 5.74) is 4.29. The second-order valence-electron chi connectivity index (χ2n) is 8.66. The number of thioether (sulfide) groups is 1. The Hall–Kier alpha value is -3.26. The molecule has 6 nitrogen and oxygen atoms in total. The number of nitrogens with one attached hydrogen (secondary N) is 1. The number of fused-ring (bicyclic) bond motifs is 1. The van der Waals surface area contributed by atoms with E-state index in [9.17, 15) is 4.79 Å². The van der Waals surface area contributed by atoms with E-state index in [1.807, 2.05) is 55.5 Å². The van der Waals surface area contributed by atoms with E-state index >= 15 is 0 Å². The maximum atomic E-state index is 12.8. The van der Waals surface area contributed by atoms with Crippen molar-refractivity contribution in [3.63, 3.8) is 0 Å². The molecule has 0 bridgehead atoms. The molecule has 0 spiro atoms. The van der Waals surface area contributed by atoms with Gasteiger partial charge in [-0.25, -0.2) is 4.68 Å². The van der Waals surface area contributed by atoms with Gasteiger partial charge in [-0.2, -0.15) is 4.98 Å². The van der Waals surface area contributed by atoms with Crippen LogP contribution in [0.1, 0.15) is 36.6 Å². The molecule has 2 heterocycles. The number of Topliss-reactive ketones (excluding diaryl/α,β-unsaturated/α-hetero) is 1. The molecule has 1 atom stereocenters. The zero-order chi connectivity index (χ0) is 25.9. The smallest absolute Gasteiger partial charge is 0.227 e. The molecule has 0 aliphatic carbocycles. The maximum absolute atomic E-state index is 12.8. The number of rotatable bonds is 8. The average molecular weight is 551 g/mol. The molecule has 0 fully saturated rings. The van der Waals surface area contributed by atoms with Crippen molar-refractivity contribution in [2.24, 2.45) is 0 Å². The minimum absolute atomic E-state index is 0.0334. The van der Waals surface area contributed by atoms with E-state index in [-0.39, 0.29) is 12.4 Å². The van der Waals surface area contributed by atoms with E-state index in [0.29, 0.717) is 32.5 Å². The maximum Gasteiger partial charge on any atom is 0.227 e. The molecule has 1 N–H and O–H groups in total. The molecule has 1 aliphatic heterocycles. The fourth-order valence-electron chi connectivity index (χ4n) is 4.25. The van der Waals surface area contributed by atoms with Gasteiger partial charge < -0.3 is 10.1 Å². The number of aromatic nitrogens is 3. The molecule has 4 aromatic rings. The summed E-state index contributed by atoms with van der Waals surface area (Å²) >= 11 is 13.9. The highest BCUT2D eigenvalue weighted by Crippen LogP contribution is 2.38. The lowest BCUT2D eigenvalue weighted by Crippen LogP contribution is -2.27. The topological polar surface area (TPSA) is 69.0 Å². The minimum Gasteiger partial charge on any atom is -0.489 e. The van der Waals surface area contributed by atoms with Crippen LogP contribution >= 0.6 is 35.0 Å². The first-order chi connectivity index (χ1) is 17.9. The molecule has 0 amide bonds. The average Bonchev–Trinajstić information content (AvgIpc) is 3.29. The predicted molar refractivity (Wildman–Crippen MR) is 148 cm³/mol. The van der Waals surface area contributed by atoms with E-state index in [2.05, 4.69) is 17.4 Å². The van der Waals surface area contributed by atoms with Gasteiger partial charge in [-0.15, -0.1) is 5.10 Å². The van der Waals surface area contributed by atoms with Crippen molar-refractivity contribution < 1.29 is 9.53 Å². The first kappa shape index (κ1) is 25.4. The number of hydrogen-bond donors (Lipinski definition) is 1. The third-order valence-electron chi connectivity index (χ3n) is 6.01. The fourth-order valence-corrected chi connectivity index (χ4v) is 5.50. The third kappa shape index (κ3) is 5.69. The molecule has 0 saturated heterocycles. The van der Waals surface area contributed by atoms with Crippen molar-refractivity contribution in [1.29, 1.82) is 0 Å². The lowest BCUT2D eigenvalue weighted by Gasteiger charge is -2.28. The van der Waals surface area contributed by atoms with E-state index in [0.717, 1.165) is 22.6 Å². The van der Waals surface area contributed by atoms with E-state index in [1.165, 1.54) is 5.56 Å². The van der Waals surface area contributed by atoms with E-state index < -0.39 is 6.04 Å². The van der Waals surface area contributed by atoms with Crippen LogP contribution in [-0.4, -0.2) is 20.5 Å². The van der Waals surface area contributed by atoms with Crippen molar-refractivity contribution in [3.8, 4) is 5.75 Å². The van der Waals surface area contributed by atoms with Crippen molar-refractivity contribution in [2.45, 2.75) is 37.4 Å². The second kappa shape index (κ2) is 11.0. The van der Waals surface area contributed by atoms with Crippen molar-refractivity contribution in [1.82, 2.24) is 14.8 Å². The number of ketones is 1. The van der Waals surface area contributed by atoms with Gasteiger partial charge in [0.15, 0.2) is 5.78 Å². The highest BCUT2D eigenvalue weighted by molar-refractivity contribution is 7.98. The Morgan fingerprint density at radius 1 is 1.08 bits per heavy atom. The Morgan fingerprint density at radius 2 is 1.89 bits per heavy atom. The summed E-state index contributed by atoms with van der Waals surface area (Å²) in [5.74, 6) is 1.97. The molecule has 5 rings (SSSR count). The molecule has 1 aliphatic rings. The summed E-state index contributed by atoms with van der Waals surface area (Å²) in [4.78, 5) is 17.5. The number of carbonyl (C=O) groups is 1. The normalized spacial score (nSPS) is 14.8. The predicted octanol–water partition coefficient (Wildman–Crippen LogP) is 7.33. The number of allylic oxidation sites excluding steroid dienone is 2. The number of nitrogens with zero attached hydrogens (tertiary/aromatic N) is 3. The highest BCUT2D eigenvalue weighted by Gasteiger charge is 2.33. The zero-order valence-corrected chi connectivity index (χ0v) is 22.6. The van der Waals surface area contributed by atoms with Gasteiger partial charge in [0.25, 0.3) is 0 Å². The van der Waals surface area contributed by atoms with Gasteiger partial charge >= 0.3 is 0 Å². The Balaban J connectivity index is 1.43. The van der Waals surface area contributed by atoms with Gasteiger partial charge in [-0.3, -0.25) is 4.79 Å². The third-order valence-corrected chi connectivity index (χ3v) is 7.50. The van der Waals surface area contributed by atoms with Crippen molar-refractivity contribution in [3.05, 3.63) is 111 Å². The van der Waals surface area contributed by atoms with Crippen LogP contribution in [0.3, 0.4) is 0 Å². The monoisotopic (exact) mass is 550 g/mol. The van der Waals surface area contributed by atoms with Crippen LogP contribution in [0.4, 0.5) is 5.95 Å². The summed E-state index contributed by atoms with van der Waals surface area (Å²) < 4.78 is 7.84. The molecule has 37 heavy (non-hydrogen) atoms. The van der Waals surface area contributed by atoms with Crippen molar-refractivity contribution in [2.75, 3.05) is 5.32 Å². The molecule has 3 aromatic carbocycles. The number of hydrogen-bond acceptors (Lipinski definition) is 6. The van der Waals surface area contributed by atoms with Crippen LogP contribution in [-0.2, 0) is 17.2 Å². The second-order valence-corrected chi connectivity index (χ2v) is 10.4. The highest BCUT2D eigenvalue weighted by atomic mass is 35.5. The van der Waals surface area contributed by atoms with Gasteiger partial charge in [0.05, 0.1) is 0 Å². The van der Waals surface area contributed by atoms with Crippen LogP contribution in [0.25, 0.3) is 0 Å². The molecule has 0 radical (unpaired) electrons. The molecule has 1 unspecified atom stereocenters. The largest absolute Gasteiger partial charge is 0.489 e. The number of halogens is 2. The van der Waals surface area contributed by atoms with Crippen LogP contribution in [0.5, 0.6) is 5.75 Å². The summed E-state index contributed by atoms with van der Waals surface area (Å²) in [6.45, 7) is 3.75. The van der Waals surface area contributed by atoms with Crippen molar-refractivity contribution >= 4 is 46.7 Å². The first-order valence-corrected chi connectivity index (χ1v) is 13.4. The molecule has 9 heteroatoms. The lowest BCUT2D eigenvalue weighted by molar-refractivity contribution is -0.114. The Kier molecular flexibility index (Phi) is 7.55. The molecule has 1 aromatic heterocycles. The van der Waals surface area contributed by atoms with Crippen LogP contribution in [0.2, 0.25) is 10.0 Å². The first-order valence-electron chi connectivity index (χ1n) is 11.7. The van der Waals surface area contributed by atoms with Crippen LogP contribution < -0.4 is 10.1 Å². The van der Waals surface area contributed by atoms with Gasteiger partial charge in [-0.05, 0) is 49.2 Å². The number of carbonyl (C=O) groups excluding carboxylic acids is 1. The summed E-state index contributed by atoms with van der Waals surface area (Å²) in [6.07, 6.45) is 0. The Morgan fingerprint density at radius 3 is 2.65 bits per heavy atom.